The summed E-state index contributed by atoms with van der Waals surface area (Å²) < 4.78 is 0. The Labute approximate surface area is 90.0 Å². The van der Waals surface area contributed by atoms with Crippen LogP contribution in [0.4, 0.5) is 0 Å². The van der Waals surface area contributed by atoms with Crippen LogP contribution in [0.1, 0.15) is 16.9 Å². The first kappa shape index (κ1) is 9.64. The van der Waals surface area contributed by atoms with Crippen LogP contribution < -0.4 is 0 Å². The molecule has 1 fully saturated rings. The van der Waals surface area contributed by atoms with Gasteiger partial charge in [-0.25, -0.2) is 0 Å². The number of carbonyl (C=O) groups excluding carboxylic acids is 1. The van der Waals surface area contributed by atoms with E-state index in [2.05, 4.69) is 31.3 Å². The van der Waals surface area contributed by atoms with E-state index in [1.54, 1.807) is 0 Å². The molecule has 1 aromatic heterocycles. The largest absolute Gasteiger partial charge is 0.337 e. The number of alkyl halides is 1. The fourth-order valence-corrected chi connectivity index (χ4v) is 2.14. The quantitative estimate of drug-likeness (QED) is 0.794. The molecule has 0 saturated carbocycles. The smallest absolute Gasteiger partial charge is 0.276 e. The molecule has 0 radical (unpaired) electrons. The number of rotatable bonds is 2. The van der Waals surface area contributed by atoms with Gasteiger partial charge in [-0.15, -0.1) is 0 Å². The number of hydrogen-bond donors (Lipinski definition) is 1. The first-order valence-corrected chi connectivity index (χ1v) is 5.64. The molecule has 1 saturated heterocycles. The molecule has 6 heteroatoms. The van der Waals surface area contributed by atoms with E-state index in [1.165, 1.54) is 6.20 Å². The van der Waals surface area contributed by atoms with Crippen molar-refractivity contribution in [2.75, 3.05) is 18.4 Å². The zero-order chi connectivity index (χ0) is 9.97. The Morgan fingerprint density at radius 3 is 3.21 bits per heavy atom. The number of aromatic amines is 1. The summed E-state index contributed by atoms with van der Waals surface area (Å²) in [4.78, 5) is 13.6. The summed E-state index contributed by atoms with van der Waals surface area (Å²) in [6, 6.07) is 0. The normalized spacial score (nSPS) is 21.5. The lowest BCUT2D eigenvalue weighted by Gasteiger charge is -2.13. The van der Waals surface area contributed by atoms with Gasteiger partial charge in [-0.05, 0) is 12.3 Å². The fraction of sp³-hybridized carbons (Fsp3) is 0.625. The molecule has 5 nitrogen and oxygen atoms in total. The number of nitrogens with one attached hydrogen (secondary N) is 1. The van der Waals surface area contributed by atoms with Crippen LogP contribution in [-0.4, -0.2) is 44.6 Å². The molecule has 76 valence electrons. The maximum atomic E-state index is 11.8. The molecule has 1 aromatic rings. The van der Waals surface area contributed by atoms with Crippen molar-refractivity contribution in [1.82, 2.24) is 20.3 Å². The minimum absolute atomic E-state index is 0.0257. The number of hydrogen-bond acceptors (Lipinski definition) is 3. The number of amides is 1. The molecule has 1 N–H and O–H groups in total. The standard InChI is InChI=1S/C8H11BrN4O/c9-3-6-1-2-13(5-6)8(14)7-4-10-12-11-7/h4,6H,1-3,5H2,(H,10,11,12). The van der Waals surface area contributed by atoms with Gasteiger partial charge in [-0.1, -0.05) is 15.9 Å². The van der Waals surface area contributed by atoms with Crippen LogP contribution in [0.3, 0.4) is 0 Å². The van der Waals surface area contributed by atoms with Gasteiger partial charge in [0.1, 0.15) is 0 Å². The number of H-pyrrole nitrogens is 1. The van der Waals surface area contributed by atoms with Crippen molar-refractivity contribution in [2.45, 2.75) is 6.42 Å². The molecule has 1 aliphatic heterocycles. The van der Waals surface area contributed by atoms with E-state index >= 15 is 0 Å². The van der Waals surface area contributed by atoms with Crippen LogP contribution in [0.15, 0.2) is 6.20 Å². The minimum atomic E-state index is -0.0257. The molecule has 0 aliphatic carbocycles. The van der Waals surface area contributed by atoms with Gasteiger partial charge >= 0.3 is 0 Å². The molecular weight excluding hydrogens is 248 g/mol. The second kappa shape index (κ2) is 4.08. The number of carbonyl (C=O) groups is 1. The first-order chi connectivity index (χ1) is 6.81. The van der Waals surface area contributed by atoms with E-state index in [9.17, 15) is 4.79 Å². The van der Waals surface area contributed by atoms with Gasteiger partial charge in [-0.3, -0.25) is 4.79 Å². The van der Waals surface area contributed by atoms with Crippen molar-refractivity contribution in [1.29, 1.82) is 0 Å². The minimum Gasteiger partial charge on any atom is -0.337 e. The van der Waals surface area contributed by atoms with Gasteiger partial charge in [0.05, 0.1) is 6.20 Å². The van der Waals surface area contributed by atoms with Crippen molar-refractivity contribution in [3.63, 3.8) is 0 Å². The Balaban J connectivity index is 2.00. The van der Waals surface area contributed by atoms with Gasteiger partial charge in [0.2, 0.25) is 0 Å². The molecule has 1 amide bonds. The van der Waals surface area contributed by atoms with Crippen LogP contribution >= 0.6 is 15.9 Å². The summed E-state index contributed by atoms with van der Waals surface area (Å²) in [5.41, 5.74) is 0.403. The molecule has 14 heavy (non-hydrogen) atoms. The lowest BCUT2D eigenvalue weighted by molar-refractivity contribution is 0.0782. The molecule has 1 aliphatic rings. The Morgan fingerprint density at radius 2 is 2.64 bits per heavy atom. The van der Waals surface area contributed by atoms with E-state index in [0.29, 0.717) is 11.6 Å². The summed E-state index contributed by atoms with van der Waals surface area (Å²) in [5.74, 6) is 0.549. The highest BCUT2D eigenvalue weighted by atomic mass is 79.9. The summed E-state index contributed by atoms with van der Waals surface area (Å²) >= 11 is 3.43. The first-order valence-electron chi connectivity index (χ1n) is 4.52. The fourth-order valence-electron chi connectivity index (χ4n) is 1.61. The van der Waals surface area contributed by atoms with E-state index < -0.39 is 0 Å². The summed E-state index contributed by atoms with van der Waals surface area (Å²) in [5, 5.41) is 10.8. The monoisotopic (exact) mass is 258 g/mol. The third kappa shape index (κ3) is 1.79. The lowest BCUT2D eigenvalue weighted by Crippen LogP contribution is -2.29. The molecule has 0 aromatic carbocycles. The van der Waals surface area contributed by atoms with E-state index in [-0.39, 0.29) is 5.91 Å². The molecule has 2 heterocycles. The average molecular weight is 259 g/mol. The Morgan fingerprint density at radius 1 is 1.79 bits per heavy atom. The molecule has 0 bridgehead atoms. The van der Waals surface area contributed by atoms with Crippen molar-refractivity contribution in [3.8, 4) is 0 Å². The van der Waals surface area contributed by atoms with Crippen LogP contribution in [-0.2, 0) is 0 Å². The molecule has 0 spiro atoms. The Kier molecular flexibility index (Phi) is 2.81. The maximum absolute atomic E-state index is 11.8. The second-order valence-corrected chi connectivity index (χ2v) is 4.06. The highest BCUT2D eigenvalue weighted by Gasteiger charge is 2.27. The zero-order valence-electron chi connectivity index (χ0n) is 7.61. The van der Waals surface area contributed by atoms with Gasteiger partial charge in [0, 0.05) is 18.4 Å². The third-order valence-electron chi connectivity index (χ3n) is 2.43. The average Bonchev–Trinajstić information content (AvgIpc) is 2.88. The number of aromatic nitrogens is 3. The van der Waals surface area contributed by atoms with Crippen LogP contribution in [0.2, 0.25) is 0 Å². The molecule has 2 rings (SSSR count). The summed E-state index contributed by atoms with van der Waals surface area (Å²) in [6.45, 7) is 1.64. The molecule has 1 atom stereocenters. The zero-order valence-corrected chi connectivity index (χ0v) is 9.20. The number of halogens is 1. The third-order valence-corrected chi connectivity index (χ3v) is 3.34. The number of likely N-dealkylation sites (tertiary alicyclic amines) is 1. The van der Waals surface area contributed by atoms with Gasteiger partial charge in [-0.2, -0.15) is 15.4 Å². The van der Waals surface area contributed by atoms with Crippen molar-refractivity contribution in [2.24, 2.45) is 5.92 Å². The lowest BCUT2D eigenvalue weighted by atomic mass is 10.2. The van der Waals surface area contributed by atoms with E-state index in [1.807, 2.05) is 4.90 Å². The van der Waals surface area contributed by atoms with Gasteiger partial charge in [0.15, 0.2) is 5.69 Å². The Hall–Kier alpha value is -0.910. The van der Waals surface area contributed by atoms with E-state index in [4.69, 9.17) is 0 Å². The predicted molar refractivity (Wildman–Crippen MR) is 54.2 cm³/mol. The summed E-state index contributed by atoms with van der Waals surface area (Å²) in [7, 11) is 0. The van der Waals surface area contributed by atoms with Gasteiger partial charge < -0.3 is 4.90 Å². The predicted octanol–water partition coefficient (Wildman–Crippen LogP) is 0.662. The SMILES string of the molecule is O=C(c1cn[nH]n1)N1CCC(CBr)C1. The van der Waals surface area contributed by atoms with Crippen molar-refractivity contribution < 1.29 is 4.79 Å². The number of nitrogens with zero attached hydrogens (tertiary/aromatic N) is 3. The van der Waals surface area contributed by atoms with Crippen molar-refractivity contribution in [3.05, 3.63) is 11.9 Å². The maximum Gasteiger partial charge on any atom is 0.276 e. The van der Waals surface area contributed by atoms with Gasteiger partial charge in [0.25, 0.3) is 5.91 Å². The highest BCUT2D eigenvalue weighted by Crippen LogP contribution is 2.19. The van der Waals surface area contributed by atoms with Crippen LogP contribution in [0.5, 0.6) is 0 Å². The summed E-state index contributed by atoms with van der Waals surface area (Å²) in [6.07, 6.45) is 2.53. The highest BCUT2D eigenvalue weighted by molar-refractivity contribution is 9.09. The van der Waals surface area contributed by atoms with E-state index in [0.717, 1.165) is 24.8 Å². The van der Waals surface area contributed by atoms with Crippen LogP contribution in [0, 0.1) is 5.92 Å². The molecular formula is C8H11BrN4O. The molecule has 1 unspecified atom stereocenters. The van der Waals surface area contributed by atoms with Crippen molar-refractivity contribution >= 4 is 21.8 Å². The second-order valence-electron chi connectivity index (χ2n) is 3.42. The van der Waals surface area contributed by atoms with Crippen LogP contribution in [0.25, 0.3) is 0 Å². The Bertz CT molecular complexity index is 313. The topological polar surface area (TPSA) is 61.9 Å².